The largest absolute Gasteiger partial charge is 1.00 e. The van der Waals surface area contributed by atoms with Crippen LogP contribution in [0.1, 0.15) is 18.2 Å². The van der Waals surface area contributed by atoms with Gasteiger partial charge in [-0.1, -0.05) is 35.5 Å². The predicted molar refractivity (Wildman–Crippen MR) is 103 cm³/mol. The van der Waals surface area contributed by atoms with Crippen LogP contribution in [0, 0.1) is 6.92 Å². The highest BCUT2D eigenvalue weighted by molar-refractivity contribution is 8.03. The molecule has 0 amide bonds. The minimum absolute atomic E-state index is 0. The highest BCUT2D eigenvalue weighted by Gasteiger charge is 2.23. The van der Waals surface area contributed by atoms with E-state index < -0.39 is 0 Å². The number of hydrogen-bond acceptors (Lipinski definition) is 2. The Morgan fingerprint density at radius 3 is 2.64 bits per heavy atom. The number of halogens is 1. The molecule has 0 fully saturated rings. The van der Waals surface area contributed by atoms with Crippen LogP contribution >= 0.6 is 11.8 Å². The molecule has 0 spiro atoms. The number of benzene rings is 2. The van der Waals surface area contributed by atoms with Crippen LogP contribution in [-0.2, 0) is 6.54 Å². The summed E-state index contributed by atoms with van der Waals surface area (Å²) in [4.78, 5) is 3.60. The first-order valence-electron chi connectivity index (χ1n) is 8.33. The van der Waals surface area contributed by atoms with E-state index in [4.69, 9.17) is 0 Å². The zero-order chi connectivity index (χ0) is 16.7. The Balaban J connectivity index is 0.00000182. The van der Waals surface area contributed by atoms with Crippen molar-refractivity contribution >= 4 is 34.4 Å². The van der Waals surface area contributed by atoms with Crippen LogP contribution in [0.25, 0.3) is 17.0 Å². The van der Waals surface area contributed by atoms with Gasteiger partial charge in [0.2, 0.25) is 11.2 Å². The van der Waals surface area contributed by atoms with E-state index in [2.05, 4.69) is 91.0 Å². The lowest BCUT2D eigenvalue weighted by Gasteiger charge is -2.13. The van der Waals surface area contributed by atoms with Gasteiger partial charge in [-0.05, 0) is 38.1 Å². The lowest BCUT2D eigenvalue weighted by molar-refractivity contribution is -0.669. The molecule has 2 heterocycles. The summed E-state index contributed by atoms with van der Waals surface area (Å²) in [5, 5.41) is 2.57. The van der Waals surface area contributed by atoms with Gasteiger partial charge < -0.3 is 28.9 Å². The Morgan fingerprint density at radius 1 is 1.08 bits per heavy atom. The molecule has 1 aromatic heterocycles. The average Bonchev–Trinajstić information content (AvgIpc) is 2.91. The van der Waals surface area contributed by atoms with Crippen molar-refractivity contribution < 1.29 is 28.5 Å². The van der Waals surface area contributed by atoms with Gasteiger partial charge in [0.15, 0.2) is 0 Å². The van der Waals surface area contributed by atoms with Crippen LogP contribution in [0.2, 0.25) is 0 Å². The van der Waals surface area contributed by atoms with Gasteiger partial charge in [-0.2, -0.15) is 4.57 Å². The van der Waals surface area contributed by atoms with E-state index in [-0.39, 0.29) is 24.0 Å². The normalized spacial score (nSPS) is 14.7. The Morgan fingerprint density at radius 2 is 1.88 bits per heavy atom. The zero-order valence-corrected chi connectivity index (χ0v) is 17.6. The maximum absolute atomic E-state index is 2.39. The molecule has 1 aliphatic heterocycles. The number of fused-ring (bicyclic) bond motifs is 2. The molecule has 2 aromatic carbocycles. The molecule has 0 aliphatic carbocycles. The van der Waals surface area contributed by atoms with Crippen molar-refractivity contribution in [2.24, 2.45) is 0 Å². The molecule has 3 aromatic rings. The SMILES string of the molecule is CC[n+]1c(/C=C2/Sc3ccccc3N2C)ccc2cc(C)ccc21.[I-]. The van der Waals surface area contributed by atoms with E-state index in [0.717, 1.165) is 6.54 Å². The monoisotopic (exact) mass is 460 g/mol. The van der Waals surface area contributed by atoms with Crippen molar-refractivity contribution in [2.75, 3.05) is 11.9 Å². The summed E-state index contributed by atoms with van der Waals surface area (Å²) in [5.74, 6) is 0. The fraction of sp³-hybridized carbons (Fsp3) is 0.190. The van der Waals surface area contributed by atoms with E-state index >= 15 is 0 Å². The second-order valence-electron chi connectivity index (χ2n) is 6.18. The van der Waals surface area contributed by atoms with Crippen LogP contribution in [0.3, 0.4) is 0 Å². The molecule has 2 nitrogen and oxygen atoms in total. The third kappa shape index (κ3) is 3.29. The Labute approximate surface area is 170 Å². The Hall–Kier alpha value is -1.53. The number of pyridine rings is 1. The molecule has 4 heteroatoms. The topological polar surface area (TPSA) is 7.12 Å². The van der Waals surface area contributed by atoms with Crippen LogP contribution in [-0.4, -0.2) is 7.05 Å². The van der Waals surface area contributed by atoms with E-state index in [1.807, 2.05) is 11.8 Å². The summed E-state index contributed by atoms with van der Waals surface area (Å²) in [6.07, 6.45) is 2.30. The second-order valence-corrected chi connectivity index (χ2v) is 7.24. The summed E-state index contributed by atoms with van der Waals surface area (Å²) < 4.78 is 2.39. The van der Waals surface area contributed by atoms with Gasteiger partial charge in [0, 0.05) is 35.5 Å². The number of thioether (sulfide) groups is 1. The number of nitrogens with zero attached hydrogens (tertiary/aromatic N) is 2. The second kappa shape index (κ2) is 7.38. The van der Waals surface area contributed by atoms with Gasteiger partial charge in [0.1, 0.15) is 6.54 Å². The summed E-state index contributed by atoms with van der Waals surface area (Å²) >= 11 is 1.84. The van der Waals surface area contributed by atoms with E-state index in [9.17, 15) is 0 Å². The molecule has 4 rings (SSSR count). The molecule has 0 saturated carbocycles. The smallest absolute Gasteiger partial charge is 0.212 e. The molecule has 1 aliphatic rings. The minimum Gasteiger partial charge on any atom is -1.00 e. The van der Waals surface area contributed by atoms with Crippen molar-refractivity contribution in [2.45, 2.75) is 25.3 Å². The molecule has 128 valence electrons. The van der Waals surface area contributed by atoms with Crippen LogP contribution in [0.15, 0.2) is 64.5 Å². The molecular weight excluding hydrogens is 439 g/mol. The Kier molecular flexibility index (Phi) is 5.39. The maximum Gasteiger partial charge on any atom is 0.212 e. The van der Waals surface area contributed by atoms with Crippen molar-refractivity contribution in [1.82, 2.24) is 0 Å². The number of aryl methyl sites for hydroxylation is 2. The molecule has 25 heavy (non-hydrogen) atoms. The third-order valence-electron chi connectivity index (χ3n) is 4.58. The lowest BCUT2D eigenvalue weighted by Crippen LogP contribution is -3.00. The van der Waals surface area contributed by atoms with Gasteiger partial charge in [0.05, 0.1) is 10.7 Å². The van der Waals surface area contributed by atoms with Crippen molar-refractivity contribution in [3.63, 3.8) is 0 Å². The van der Waals surface area contributed by atoms with Crippen molar-refractivity contribution in [1.29, 1.82) is 0 Å². The third-order valence-corrected chi connectivity index (χ3v) is 5.74. The highest BCUT2D eigenvalue weighted by Crippen LogP contribution is 2.45. The van der Waals surface area contributed by atoms with E-state index in [0.29, 0.717) is 0 Å². The number of para-hydroxylation sites is 1. The van der Waals surface area contributed by atoms with Crippen molar-refractivity contribution in [3.8, 4) is 0 Å². The van der Waals surface area contributed by atoms with E-state index in [1.165, 1.54) is 37.8 Å². The summed E-state index contributed by atoms with van der Waals surface area (Å²) in [7, 11) is 2.14. The first kappa shape index (κ1) is 18.3. The van der Waals surface area contributed by atoms with Gasteiger partial charge >= 0.3 is 0 Å². The first-order valence-corrected chi connectivity index (χ1v) is 9.14. The highest BCUT2D eigenvalue weighted by atomic mass is 127. The molecular formula is C21H21IN2S. The molecule has 0 atom stereocenters. The number of anilines is 1. The molecule has 0 bridgehead atoms. The van der Waals surface area contributed by atoms with Gasteiger partial charge in [-0.15, -0.1) is 0 Å². The van der Waals surface area contributed by atoms with Gasteiger partial charge in [-0.25, -0.2) is 0 Å². The summed E-state index contributed by atoms with van der Waals surface area (Å²) in [5.41, 5.74) is 5.13. The summed E-state index contributed by atoms with van der Waals surface area (Å²) in [6.45, 7) is 5.31. The van der Waals surface area contributed by atoms with E-state index in [1.54, 1.807) is 0 Å². The van der Waals surface area contributed by atoms with Crippen LogP contribution in [0.5, 0.6) is 0 Å². The Bertz CT molecular complexity index is 965. The fourth-order valence-corrected chi connectivity index (χ4v) is 4.41. The fourth-order valence-electron chi connectivity index (χ4n) is 3.31. The van der Waals surface area contributed by atoms with Gasteiger partial charge in [0.25, 0.3) is 0 Å². The van der Waals surface area contributed by atoms with Gasteiger partial charge in [-0.3, -0.25) is 0 Å². The number of aromatic nitrogens is 1. The molecule has 0 unspecified atom stereocenters. The average molecular weight is 460 g/mol. The zero-order valence-electron chi connectivity index (χ0n) is 14.7. The first-order chi connectivity index (χ1) is 11.7. The molecule has 0 N–H and O–H groups in total. The summed E-state index contributed by atoms with van der Waals surface area (Å²) in [6, 6.07) is 19.7. The maximum atomic E-state index is 2.39. The quantitative estimate of drug-likeness (QED) is 0.427. The van der Waals surface area contributed by atoms with Crippen LogP contribution < -0.4 is 33.4 Å². The lowest BCUT2D eigenvalue weighted by atomic mass is 10.1. The minimum atomic E-state index is 0. The van der Waals surface area contributed by atoms with Crippen molar-refractivity contribution in [3.05, 3.63) is 70.9 Å². The van der Waals surface area contributed by atoms with Crippen LogP contribution in [0.4, 0.5) is 5.69 Å². The standard InChI is InChI=1S/C21H21N2S.HI/c1-4-23-17(11-10-16-13-15(2)9-12-18(16)23)14-21-22(3)19-7-5-6-8-20(19)24-21;/h5-14H,4H2,1-3H3;1H/q+1;/p-1. The number of hydrogen-bond donors (Lipinski definition) is 0. The molecule has 0 radical (unpaired) electrons. The number of rotatable bonds is 2. The predicted octanol–water partition coefficient (Wildman–Crippen LogP) is 2.00. The molecule has 0 saturated heterocycles.